The summed E-state index contributed by atoms with van der Waals surface area (Å²) < 4.78 is 19.9. The van der Waals surface area contributed by atoms with Gasteiger partial charge in [0.25, 0.3) is 0 Å². The molecule has 17 heavy (non-hydrogen) atoms. The number of rotatable bonds is 3. The smallest absolute Gasteiger partial charge is 0.180 e. The van der Waals surface area contributed by atoms with E-state index in [1.165, 1.54) is 24.2 Å². The maximum absolute atomic E-state index is 13.5. The van der Waals surface area contributed by atoms with Crippen molar-refractivity contribution in [1.29, 1.82) is 0 Å². The third kappa shape index (κ3) is 1.99. The number of aliphatic hydroxyl groups excluding tert-OH is 1. The van der Waals surface area contributed by atoms with Gasteiger partial charge in [-0.15, -0.1) is 0 Å². The van der Waals surface area contributed by atoms with Gasteiger partial charge in [0.2, 0.25) is 0 Å². The molecule has 1 aromatic carbocycles. The number of aromatic nitrogens is 3. The summed E-state index contributed by atoms with van der Waals surface area (Å²) in [5, 5.41) is 13.5. The van der Waals surface area contributed by atoms with Crippen LogP contribution in [-0.2, 0) is 0 Å². The molecule has 1 atom stereocenters. The fourth-order valence-electron chi connectivity index (χ4n) is 1.59. The highest BCUT2D eigenvalue weighted by Gasteiger charge is 2.17. The van der Waals surface area contributed by atoms with E-state index in [-0.39, 0.29) is 5.75 Å². The molecule has 0 aliphatic carbocycles. The highest BCUT2D eigenvalue weighted by Crippen LogP contribution is 2.27. The Bertz CT molecular complexity index is 525. The summed E-state index contributed by atoms with van der Waals surface area (Å²) in [6.07, 6.45) is 0.498. The number of hydrogen-bond acceptors (Lipinski definition) is 4. The van der Waals surface area contributed by atoms with Crippen LogP contribution in [0, 0.1) is 5.82 Å². The Morgan fingerprint density at radius 3 is 2.88 bits per heavy atom. The lowest BCUT2D eigenvalue weighted by Gasteiger charge is -2.12. The zero-order chi connectivity index (χ0) is 12.4. The molecule has 1 heterocycles. The number of para-hydroxylation sites is 1. The van der Waals surface area contributed by atoms with Crippen LogP contribution < -0.4 is 4.74 Å². The van der Waals surface area contributed by atoms with Crippen molar-refractivity contribution in [3.8, 4) is 11.4 Å². The van der Waals surface area contributed by atoms with E-state index in [4.69, 9.17) is 4.74 Å². The molecule has 2 rings (SSSR count). The predicted octanol–water partition coefficient (Wildman–Crippen LogP) is 1.47. The Morgan fingerprint density at radius 2 is 2.24 bits per heavy atom. The first-order valence-electron chi connectivity index (χ1n) is 5.06. The van der Waals surface area contributed by atoms with Crippen molar-refractivity contribution in [3.05, 3.63) is 36.2 Å². The van der Waals surface area contributed by atoms with Gasteiger partial charge in [-0.2, -0.15) is 5.10 Å². The van der Waals surface area contributed by atoms with E-state index in [9.17, 15) is 9.50 Å². The average Bonchev–Trinajstić information content (AvgIpc) is 2.77. The number of halogens is 1. The Hall–Kier alpha value is -1.95. The van der Waals surface area contributed by atoms with Crippen LogP contribution in [0.15, 0.2) is 24.5 Å². The van der Waals surface area contributed by atoms with Crippen molar-refractivity contribution in [2.45, 2.75) is 13.0 Å². The Balaban J connectivity index is 2.60. The van der Waals surface area contributed by atoms with Gasteiger partial charge in [0.05, 0.1) is 7.11 Å². The van der Waals surface area contributed by atoms with E-state index in [1.54, 1.807) is 19.1 Å². The summed E-state index contributed by atoms with van der Waals surface area (Å²) in [5.41, 5.74) is 0.404. The summed E-state index contributed by atoms with van der Waals surface area (Å²) in [7, 11) is 1.38. The molecule has 6 heteroatoms. The van der Waals surface area contributed by atoms with Crippen molar-refractivity contribution in [3.63, 3.8) is 0 Å². The first kappa shape index (κ1) is 11.5. The van der Waals surface area contributed by atoms with Crippen LogP contribution in [0.5, 0.6) is 5.75 Å². The summed E-state index contributed by atoms with van der Waals surface area (Å²) >= 11 is 0. The Kier molecular flexibility index (Phi) is 3.06. The van der Waals surface area contributed by atoms with E-state index in [2.05, 4.69) is 10.1 Å². The number of aliphatic hydroxyl groups is 1. The van der Waals surface area contributed by atoms with Crippen LogP contribution in [0.2, 0.25) is 0 Å². The Morgan fingerprint density at radius 1 is 1.47 bits per heavy atom. The summed E-state index contributed by atoms with van der Waals surface area (Å²) in [6.45, 7) is 1.56. The van der Waals surface area contributed by atoms with E-state index in [1.807, 2.05) is 0 Å². The third-order valence-electron chi connectivity index (χ3n) is 2.33. The predicted molar refractivity (Wildman–Crippen MR) is 58.5 cm³/mol. The first-order chi connectivity index (χ1) is 8.15. The lowest BCUT2D eigenvalue weighted by atomic mass is 10.2. The maximum Gasteiger partial charge on any atom is 0.180 e. The van der Waals surface area contributed by atoms with Crippen LogP contribution in [0.25, 0.3) is 5.69 Å². The molecule has 5 nitrogen and oxygen atoms in total. The van der Waals surface area contributed by atoms with Gasteiger partial charge in [-0.3, -0.25) is 0 Å². The van der Waals surface area contributed by atoms with Gasteiger partial charge in [0.15, 0.2) is 17.4 Å². The fourth-order valence-corrected chi connectivity index (χ4v) is 1.59. The molecule has 0 fully saturated rings. The van der Waals surface area contributed by atoms with Crippen molar-refractivity contribution >= 4 is 0 Å². The lowest BCUT2D eigenvalue weighted by Crippen LogP contribution is -2.08. The van der Waals surface area contributed by atoms with Crippen LogP contribution in [0.1, 0.15) is 18.9 Å². The van der Waals surface area contributed by atoms with Gasteiger partial charge in [-0.1, -0.05) is 6.07 Å². The molecular formula is C11H12FN3O2. The molecule has 0 aliphatic rings. The molecule has 2 aromatic rings. The fraction of sp³-hybridized carbons (Fsp3) is 0.273. The van der Waals surface area contributed by atoms with Crippen molar-refractivity contribution in [2.24, 2.45) is 0 Å². The van der Waals surface area contributed by atoms with Crippen molar-refractivity contribution < 1.29 is 14.2 Å². The standard InChI is InChI=1S/C11H12FN3O2/c1-7(16)11-13-6-14-15(11)9-5-3-4-8(12)10(9)17-2/h3-7,16H,1-2H3/t7-/m0/s1. The van der Waals surface area contributed by atoms with Crippen LogP contribution >= 0.6 is 0 Å². The molecule has 0 amide bonds. The quantitative estimate of drug-likeness (QED) is 0.878. The minimum atomic E-state index is -0.800. The topological polar surface area (TPSA) is 60.2 Å². The minimum Gasteiger partial charge on any atom is -0.492 e. The lowest BCUT2D eigenvalue weighted by molar-refractivity contribution is 0.186. The molecule has 0 aliphatic heterocycles. The number of methoxy groups -OCH3 is 1. The molecule has 0 saturated carbocycles. The third-order valence-corrected chi connectivity index (χ3v) is 2.33. The van der Waals surface area contributed by atoms with E-state index in [0.717, 1.165) is 0 Å². The van der Waals surface area contributed by atoms with Gasteiger partial charge in [-0.25, -0.2) is 14.1 Å². The normalized spacial score (nSPS) is 12.5. The molecular weight excluding hydrogens is 225 g/mol. The second-order valence-electron chi connectivity index (χ2n) is 3.50. The number of nitrogens with zero attached hydrogens (tertiary/aromatic N) is 3. The molecule has 0 bridgehead atoms. The SMILES string of the molecule is COc1c(F)cccc1-n1ncnc1[C@H](C)O. The van der Waals surface area contributed by atoms with E-state index < -0.39 is 11.9 Å². The number of benzene rings is 1. The zero-order valence-electron chi connectivity index (χ0n) is 9.46. The minimum absolute atomic E-state index is 0.0694. The van der Waals surface area contributed by atoms with Gasteiger partial charge >= 0.3 is 0 Å². The first-order valence-corrected chi connectivity index (χ1v) is 5.06. The second-order valence-corrected chi connectivity index (χ2v) is 3.50. The largest absolute Gasteiger partial charge is 0.492 e. The van der Waals surface area contributed by atoms with Crippen LogP contribution in [0.3, 0.4) is 0 Å². The number of ether oxygens (including phenoxy) is 1. The van der Waals surface area contributed by atoms with Crippen LogP contribution in [0.4, 0.5) is 4.39 Å². The van der Waals surface area contributed by atoms with E-state index in [0.29, 0.717) is 11.5 Å². The zero-order valence-corrected chi connectivity index (χ0v) is 9.46. The Labute approximate surface area is 97.5 Å². The van der Waals surface area contributed by atoms with Gasteiger partial charge in [0, 0.05) is 0 Å². The van der Waals surface area contributed by atoms with Gasteiger partial charge < -0.3 is 9.84 Å². The monoisotopic (exact) mass is 237 g/mol. The molecule has 0 spiro atoms. The van der Waals surface area contributed by atoms with E-state index >= 15 is 0 Å². The second kappa shape index (κ2) is 4.50. The molecule has 90 valence electrons. The molecule has 0 saturated heterocycles. The van der Waals surface area contributed by atoms with Crippen molar-refractivity contribution in [2.75, 3.05) is 7.11 Å². The van der Waals surface area contributed by atoms with Crippen LogP contribution in [-0.4, -0.2) is 27.0 Å². The van der Waals surface area contributed by atoms with Gasteiger partial charge in [-0.05, 0) is 19.1 Å². The highest BCUT2D eigenvalue weighted by molar-refractivity contribution is 5.47. The van der Waals surface area contributed by atoms with Gasteiger partial charge in [0.1, 0.15) is 18.1 Å². The molecule has 1 aromatic heterocycles. The molecule has 1 N–H and O–H groups in total. The average molecular weight is 237 g/mol. The maximum atomic E-state index is 13.5. The number of hydrogen-bond donors (Lipinski definition) is 1. The summed E-state index contributed by atoms with van der Waals surface area (Å²) in [5.74, 6) is -0.0918. The van der Waals surface area contributed by atoms with Crippen molar-refractivity contribution in [1.82, 2.24) is 14.8 Å². The molecule has 0 radical (unpaired) electrons. The molecule has 0 unspecified atom stereocenters. The summed E-state index contributed by atoms with van der Waals surface area (Å²) in [6, 6.07) is 4.48. The summed E-state index contributed by atoms with van der Waals surface area (Å²) in [4.78, 5) is 3.92. The highest BCUT2D eigenvalue weighted by atomic mass is 19.1.